The molecule has 2 heteroatoms. The molecule has 66 valence electrons. The van der Waals surface area contributed by atoms with Crippen molar-refractivity contribution in [2.75, 3.05) is 0 Å². The van der Waals surface area contributed by atoms with E-state index in [0.717, 1.165) is 5.57 Å². The minimum Gasteiger partial charge on any atom is -0.321 e. The van der Waals surface area contributed by atoms with Gasteiger partial charge >= 0.3 is 0 Å². The number of hydrogen-bond donors (Lipinski definition) is 1. The van der Waals surface area contributed by atoms with E-state index in [1.165, 1.54) is 16.0 Å². The predicted octanol–water partition coefficient (Wildman–Crippen LogP) is 2.94. The van der Waals surface area contributed by atoms with Gasteiger partial charge in [0.1, 0.15) is 0 Å². The molecule has 1 aromatic rings. The summed E-state index contributed by atoms with van der Waals surface area (Å²) in [6.07, 6.45) is 0. The lowest BCUT2D eigenvalue weighted by Gasteiger charge is -2.10. The Morgan fingerprint density at radius 1 is 1.58 bits per heavy atom. The third-order valence-electron chi connectivity index (χ3n) is 2.19. The van der Waals surface area contributed by atoms with Crippen LogP contribution in [0.15, 0.2) is 17.5 Å². The molecular formula is C10H15NS. The first-order valence-electron chi connectivity index (χ1n) is 3.99. The fourth-order valence-corrected chi connectivity index (χ4v) is 2.03. The summed E-state index contributed by atoms with van der Waals surface area (Å²) in [5.74, 6) is 0. The quantitative estimate of drug-likeness (QED) is 0.697. The van der Waals surface area contributed by atoms with E-state index in [-0.39, 0.29) is 6.04 Å². The van der Waals surface area contributed by atoms with Crippen LogP contribution in [-0.4, -0.2) is 0 Å². The van der Waals surface area contributed by atoms with Gasteiger partial charge in [0.15, 0.2) is 0 Å². The predicted molar refractivity (Wildman–Crippen MR) is 55.5 cm³/mol. The molecule has 0 aliphatic heterocycles. The molecule has 0 aliphatic carbocycles. The molecule has 0 aromatic carbocycles. The van der Waals surface area contributed by atoms with Gasteiger partial charge in [0.05, 0.1) is 6.04 Å². The topological polar surface area (TPSA) is 26.0 Å². The first-order valence-corrected chi connectivity index (χ1v) is 4.87. The highest BCUT2D eigenvalue weighted by Crippen LogP contribution is 2.27. The molecule has 1 atom stereocenters. The highest BCUT2D eigenvalue weighted by molar-refractivity contribution is 7.10. The average Bonchev–Trinajstić information content (AvgIpc) is 2.32. The Labute approximate surface area is 77.9 Å². The summed E-state index contributed by atoms with van der Waals surface area (Å²) in [7, 11) is 0. The second-order valence-corrected chi connectivity index (χ2v) is 4.28. The second-order valence-electron chi connectivity index (χ2n) is 3.20. The summed E-state index contributed by atoms with van der Waals surface area (Å²) in [6.45, 7) is 10.1. The molecule has 0 amide bonds. The third-order valence-corrected chi connectivity index (χ3v) is 3.22. The molecule has 0 spiro atoms. The molecule has 1 aromatic heterocycles. The van der Waals surface area contributed by atoms with Crippen LogP contribution in [0.2, 0.25) is 0 Å². The van der Waals surface area contributed by atoms with Gasteiger partial charge in [0.25, 0.3) is 0 Å². The number of hydrogen-bond acceptors (Lipinski definition) is 2. The molecule has 1 rings (SSSR count). The van der Waals surface area contributed by atoms with Crippen molar-refractivity contribution < 1.29 is 0 Å². The Kier molecular flexibility index (Phi) is 2.70. The van der Waals surface area contributed by atoms with Crippen molar-refractivity contribution in [3.8, 4) is 0 Å². The first-order chi connectivity index (χ1) is 5.54. The van der Waals surface area contributed by atoms with Gasteiger partial charge in [-0.2, -0.15) is 0 Å². The summed E-state index contributed by atoms with van der Waals surface area (Å²) in [5.41, 5.74) is 9.53. The maximum absolute atomic E-state index is 5.96. The molecule has 1 nitrogen and oxygen atoms in total. The minimum absolute atomic E-state index is 0.00921. The first kappa shape index (κ1) is 9.49. The van der Waals surface area contributed by atoms with Gasteiger partial charge in [-0.05, 0) is 37.3 Å². The Balaban J connectivity index is 3.03. The standard InChI is InChI=1S/C10H15NS/c1-6(2)10(11)9-5-12-8(4)7(9)3/h5,10H,1,11H2,2-4H3. The molecule has 0 saturated heterocycles. The van der Waals surface area contributed by atoms with Crippen molar-refractivity contribution in [3.63, 3.8) is 0 Å². The van der Waals surface area contributed by atoms with Crippen LogP contribution >= 0.6 is 11.3 Å². The molecule has 1 heterocycles. The average molecular weight is 181 g/mol. The molecule has 12 heavy (non-hydrogen) atoms. The highest BCUT2D eigenvalue weighted by atomic mass is 32.1. The van der Waals surface area contributed by atoms with Gasteiger partial charge in [0.2, 0.25) is 0 Å². The van der Waals surface area contributed by atoms with Gasteiger partial charge in [0, 0.05) is 4.88 Å². The fraction of sp³-hybridized carbons (Fsp3) is 0.400. The number of rotatable bonds is 2. The molecular weight excluding hydrogens is 166 g/mol. The lowest BCUT2D eigenvalue weighted by atomic mass is 10.0. The number of nitrogens with two attached hydrogens (primary N) is 1. The van der Waals surface area contributed by atoms with Crippen molar-refractivity contribution in [2.45, 2.75) is 26.8 Å². The molecule has 1 unspecified atom stereocenters. The van der Waals surface area contributed by atoms with Crippen LogP contribution in [0.1, 0.15) is 29.0 Å². The van der Waals surface area contributed by atoms with Gasteiger partial charge in [-0.3, -0.25) is 0 Å². The van der Waals surface area contributed by atoms with Crippen LogP contribution in [0.5, 0.6) is 0 Å². The van der Waals surface area contributed by atoms with E-state index in [1.54, 1.807) is 11.3 Å². The fourth-order valence-electron chi connectivity index (χ4n) is 1.10. The summed E-state index contributed by atoms with van der Waals surface area (Å²) >= 11 is 1.76. The van der Waals surface area contributed by atoms with Crippen LogP contribution in [0, 0.1) is 13.8 Å². The van der Waals surface area contributed by atoms with Gasteiger partial charge in [-0.1, -0.05) is 12.2 Å². The maximum Gasteiger partial charge on any atom is 0.0516 e. The Hall–Kier alpha value is -0.600. The molecule has 0 fully saturated rings. The van der Waals surface area contributed by atoms with Crippen LogP contribution in [-0.2, 0) is 0 Å². The monoisotopic (exact) mass is 181 g/mol. The molecule has 0 bridgehead atoms. The van der Waals surface area contributed by atoms with E-state index in [2.05, 4.69) is 25.8 Å². The highest BCUT2D eigenvalue weighted by Gasteiger charge is 2.11. The van der Waals surface area contributed by atoms with Crippen molar-refractivity contribution in [1.82, 2.24) is 0 Å². The van der Waals surface area contributed by atoms with E-state index in [1.807, 2.05) is 6.92 Å². The summed E-state index contributed by atoms with van der Waals surface area (Å²) < 4.78 is 0. The Morgan fingerprint density at radius 2 is 2.17 bits per heavy atom. The van der Waals surface area contributed by atoms with Crippen LogP contribution in [0.25, 0.3) is 0 Å². The third kappa shape index (κ3) is 1.59. The van der Waals surface area contributed by atoms with Crippen molar-refractivity contribution in [2.24, 2.45) is 5.73 Å². The lowest BCUT2D eigenvalue weighted by molar-refractivity contribution is 0.846. The van der Waals surface area contributed by atoms with Crippen LogP contribution < -0.4 is 5.73 Å². The lowest BCUT2D eigenvalue weighted by Crippen LogP contribution is -2.11. The van der Waals surface area contributed by atoms with E-state index in [4.69, 9.17) is 5.73 Å². The molecule has 0 radical (unpaired) electrons. The van der Waals surface area contributed by atoms with Gasteiger partial charge in [-0.25, -0.2) is 0 Å². The van der Waals surface area contributed by atoms with Gasteiger partial charge < -0.3 is 5.73 Å². The smallest absolute Gasteiger partial charge is 0.0516 e. The summed E-state index contributed by atoms with van der Waals surface area (Å²) in [5, 5.41) is 2.13. The SMILES string of the molecule is C=C(C)C(N)c1csc(C)c1C. The molecule has 0 aliphatic rings. The summed E-state index contributed by atoms with van der Waals surface area (Å²) in [4.78, 5) is 1.35. The minimum atomic E-state index is 0.00921. The molecule has 0 saturated carbocycles. The van der Waals surface area contributed by atoms with E-state index in [9.17, 15) is 0 Å². The second kappa shape index (κ2) is 3.42. The zero-order valence-corrected chi connectivity index (χ0v) is 8.66. The maximum atomic E-state index is 5.96. The van der Waals surface area contributed by atoms with Crippen LogP contribution in [0.3, 0.4) is 0 Å². The van der Waals surface area contributed by atoms with Crippen molar-refractivity contribution >= 4 is 11.3 Å². The van der Waals surface area contributed by atoms with E-state index in [0.29, 0.717) is 0 Å². The van der Waals surface area contributed by atoms with Crippen molar-refractivity contribution in [1.29, 1.82) is 0 Å². The number of thiophene rings is 1. The Morgan fingerprint density at radius 3 is 2.50 bits per heavy atom. The normalized spacial score (nSPS) is 13.0. The van der Waals surface area contributed by atoms with E-state index < -0.39 is 0 Å². The number of aryl methyl sites for hydroxylation is 1. The molecule has 2 N–H and O–H groups in total. The van der Waals surface area contributed by atoms with Crippen LogP contribution in [0.4, 0.5) is 0 Å². The van der Waals surface area contributed by atoms with Gasteiger partial charge in [-0.15, -0.1) is 11.3 Å². The van der Waals surface area contributed by atoms with E-state index >= 15 is 0 Å². The Bertz CT molecular complexity index is 299. The van der Waals surface area contributed by atoms with Crippen molar-refractivity contribution in [3.05, 3.63) is 33.5 Å². The summed E-state index contributed by atoms with van der Waals surface area (Å²) in [6, 6.07) is 0.00921. The zero-order valence-electron chi connectivity index (χ0n) is 7.85. The zero-order chi connectivity index (χ0) is 9.30. The largest absolute Gasteiger partial charge is 0.321 e.